The van der Waals surface area contributed by atoms with Crippen LogP contribution in [0.2, 0.25) is 0 Å². The molecule has 0 fully saturated rings. The van der Waals surface area contributed by atoms with Crippen LogP contribution in [0.25, 0.3) is 0 Å². The molecule has 0 radical (unpaired) electrons. The molecule has 1 aliphatic rings. The first-order valence-electron chi connectivity index (χ1n) is 9.54. The van der Waals surface area contributed by atoms with Gasteiger partial charge < -0.3 is 15.5 Å². The van der Waals surface area contributed by atoms with Crippen molar-refractivity contribution in [2.24, 2.45) is 0 Å². The number of carbonyl (C=O) groups is 2. The first-order valence-corrected chi connectivity index (χ1v) is 9.54. The molecule has 2 aromatic rings. The van der Waals surface area contributed by atoms with E-state index < -0.39 is 0 Å². The summed E-state index contributed by atoms with van der Waals surface area (Å²) in [7, 11) is 0. The van der Waals surface area contributed by atoms with Gasteiger partial charge in [-0.15, -0.1) is 0 Å². The van der Waals surface area contributed by atoms with E-state index >= 15 is 0 Å². The summed E-state index contributed by atoms with van der Waals surface area (Å²) < 4.78 is 0. The molecule has 0 aliphatic carbocycles. The normalized spacial score (nSPS) is 16.6. The smallest absolute Gasteiger partial charge is 0.315 e. The van der Waals surface area contributed by atoms with Crippen LogP contribution >= 0.6 is 0 Å². The zero-order chi connectivity index (χ0) is 19.4. The third-order valence-electron chi connectivity index (χ3n) is 5.05. The Morgan fingerprint density at radius 2 is 1.93 bits per heavy atom. The minimum absolute atomic E-state index is 0.0153. The number of urea groups is 1. The van der Waals surface area contributed by atoms with Gasteiger partial charge in [0, 0.05) is 29.9 Å². The Labute approximate surface area is 160 Å². The zero-order valence-corrected chi connectivity index (χ0v) is 16.2. The van der Waals surface area contributed by atoms with E-state index in [4.69, 9.17) is 0 Å². The number of nitrogens with one attached hydrogen (secondary N) is 2. The van der Waals surface area contributed by atoms with Crippen molar-refractivity contribution in [1.29, 1.82) is 0 Å². The van der Waals surface area contributed by atoms with Gasteiger partial charge in [0.05, 0.1) is 0 Å². The van der Waals surface area contributed by atoms with Crippen LogP contribution in [-0.4, -0.2) is 24.0 Å². The Balaban J connectivity index is 1.75. The second-order valence-corrected chi connectivity index (χ2v) is 7.19. The second-order valence-electron chi connectivity index (χ2n) is 7.19. The van der Waals surface area contributed by atoms with Gasteiger partial charge in [0.2, 0.25) is 0 Å². The minimum atomic E-state index is -0.171. The summed E-state index contributed by atoms with van der Waals surface area (Å²) in [4.78, 5) is 26.8. The Morgan fingerprint density at radius 1 is 1.19 bits per heavy atom. The molecule has 1 heterocycles. The number of amides is 3. The van der Waals surface area contributed by atoms with Crippen molar-refractivity contribution in [2.45, 2.75) is 52.2 Å². The summed E-state index contributed by atoms with van der Waals surface area (Å²) in [6.45, 7) is 6.50. The van der Waals surface area contributed by atoms with E-state index in [0.717, 1.165) is 24.1 Å². The molecule has 0 saturated heterocycles. The highest BCUT2D eigenvalue weighted by molar-refractivity contribution is 6.07. The lowest BCUT2D eigenvalue weighted by atomic mass is 10.1. The van der Waals surface area contributed by atoms with Crippen molar-refractivity contribution < 1.29 is 9.59 Å². The molecular formula is C22H27N3O2. The first-order chi connectivity index (χ1) is 13.0. The summed E-state index contributed by atoms with van der Waals surface area (Å²) in [6, 6.07) is 15.5. The van der Waals surface area contributed by atoms with Crippen LogP contribution in [0, 0.1) is 0 Å². The van der Waals surface area contributed by atoms with Gasteiger partial charge in [0.1, 0.15) is 0 Å². The highest BCUT2D eigenvalue weighted by Crippen LogP contribution is 2.34. The van der Waals surface area contributed by atoms with Gasteiger partial charge in [-0.05, 0) is 56.0 Å². The fourth-order valence-corrected chi connectivity index (χ4v) is 3.35. The van der Waals surface area contributed by atoms with Crippen molar-refractivity contribution in [3.63, 3.8) is 0 Å². The monoisotopic (exact) mass is 365 g/mol. The maximum atomic E-state index is 13.0. The van der Waals surface area contributed by atoms with E-state index in [1.807, 2.05) is 61.2 Å². The van der Waals surface area contributed by atoms with E-state index in [2.05, 4.69) is 23.6 Å². The predicted molar refractivity (Wildman–Crippen MR) is 108 cm³/mol. The summed E-state index contributed by atoms with van der Waals surface area (Å²) in [5, 5.41) is 5.78. The fourth-order valence-electron chi connectivity index (χ4n) is 3.35. The first kappa shape index (κ1) is 19.0. The average molecular weight is 365 g/mol. The largest absolute Gasteiger partial charge is 0.336 e. The molecule has 2 aromatic carbocycles. The second kappa shape index (κ2) is 8.25. The lowest BCUT2D eigenvalue weighted by molar-refractivity contribution is 0.0981. The molecule has 0 aromatic heterocycles. The third-order valence-corrected chi connectivity index (χ3v) is 5.05. The Morgan fingerprint density at radius 3 is 2.63 bits per heavy atom. The van der Waals surface area contributed by atoms with Crippen molar-refractivity contribution in [2.75, 3.05) is 4.90 Å². The molecule has 1 aliphatic heterocycles. The molecule has 2 N–H and O–H groups in total. The molecule has 0 saturated carbocycles. The van der Waals surface area contributed by atoms with Crippen LogP contribution in [0.1, 0.15) is 48.7 Å². The summed E-state index contributed by atoms with van der Waals surface area (Å²) in [5.74, 6) is 0.0153. The third kappa shape index (κ3) is 4.30. The summed E-state index contributed by atoms with van der Waals surface area (Å²) >= 11 is 0. The number of rotatable bonds is 5. The molecule has 2 atom stereocenters. The van der Waals surface area contributed by atoms with Crippen LogP contribution in [0.5, 0.6) is 0 Å². The summed E-state index contributed by atoms with van der Waals surface area (Å²) in [6.07, 6.45) is 1.73. The molecule has 5 nitrogen and oxygen atoms in total. The SMILES string of the molecule is CC[C@@H](C)NC(=O)NCc1ccc2c(c1)N(C(=O)c1ccccc1)[C@@H](C)C2. The van der Waals surface area contributed by atoms with Crippen molar-refractivity contribution in [1.82, 2.24) is 10.6 Å². The van der Waals surface area contributed by atoms with Gasteiger partial charge >= 0.3 is 6.03 Å². The quantitative estimate of drug-likeness (QED) is 0.845. The number of nitrogens with zero attached hydrogens (tertiary/aromatic N) is 1. The number of benzene rings is 2. The number of carbonyl (C=O) groups excluding carboxylic acids is 2. The Hall–Kier alpha value is -2.82. The molecular weight excluding hydrogens is 338 g/mol. The molecule has 27 heavy (non-hydrogen) atoms. The lowest BCUT2D eigenvalue weighted by Gasteiger charge is -2.23. The zero-order valence-electron chi connectivity index (χ0n) is 16.2. The van der Waals surface area contributed by atoms with Crippen molar-refractivity contribution >= 4 is 17.6 Å². The van der Waals surface area contributed by atoms with Gasteiger partial charge in [0.25, 0.3) is 5.91 Å². The topological polar surface area (TPSA) is 61.4 Å². The average Bonchev–Trinajstić information content (AvgIpc) is 3.01. The molecule has 0 spiro atoms. The molecule has 0 unspecified atom stereocenters. The highest BCUT2D eigenvalue weighted by atomic mass is 16.2. The van der Waals surface area contributed by atoms with E-state index in [0.29, 0.717) is 12.1 Å². The number of hydrogen-bond donors (Lipinski definition) is 2. The maximum absolute atomic E-state index is 13.0. The Kier molecular flexibility index (Phi) is 5.79. The van der Waals surface area contributed by atoms with Crippen LogP contribution < -0.4 is 15.5 Å². The predicted octanol–water partition coefficient (Wildman–Crippen LogP) is 3.88. The standard InChI is InChI=1S/C22H27N3O2/c1-4-15(2)24-22(27)23-14-17-10-11-19-12-16(3)25(20(19)13-17)21(26)18-8-6-5-7-9-18/h5-11,13,15-16H,4,12,14H2,1-3H3,(H2,23,24,27)/t15-,16+/m1/s1. The molecule has 3 amide bonds. The minimum Gasteiger partial charge on any atom is -0.336 e. The van der Waals surface area contributed by atoms with Gasteiger partial charge in [-0.2, -0.15) is 0 Å². The number of anilines is 1. The van der Waals surface area contributed by atoms with E-state index in [1.54, 1.807) is 0 Å². The van der Waals surface area contributed by atoms with Gasteiger partial charge in [-0.3, -0.25) is 4.79 Å². The molecule has 142 valence electrons. The van der Waals surface area contributed by atoms with Crippen LogP contribution in [0.3, 0.4) is 0 Å². The van der Waals surface area contributed by atoms with Crippen LogP contribution in [0.4, 0.5) is 10.5 Å². The van der Waals surface area contributed by atoms with Gasteiger partial charge in [0.15, 0.2) is 0 Å². The van der Waals surface area contributed by atoms with Gasteiger partial charge in [-0.1, -0.05) is 37.3 Å². The fraction of sp³-hybridized carbons (Fsp3) is 0.364. The van der Waals surface area contributed by atoms with E-state index in [-0.39, 0.29) is 24.0 Å². The van der Waals surface area contributed by atoms with E-state index in [9.17, 15) is 9.59 Å². The van der Waals surface area contributed by atoms with Crippen molar-refractivity contribution in [3.05, 3.63) is 65.2 Å². The van der Waals surface area contributed by atoms with Crippen molar-refractivity contribution in [3.8, 4) is 0 Å². The molecule has 3 rings (SSSR count). The molecule has 0 bridgehead atoms. The Bertz CT molecular complexity index is 820. The maximum Gasteiger partial charge on any atom is 0.315 e. The molecule has 5 heteroatoms. The highest BCUT2D eigenvalue weighted by Gasteiger charge is 2.31. The van der Waals surface area contributed by atoms with E-state index in [1.165, 1.54) is 5.56 Å². The van der Waals surface area contributed by atoms with Crippen LogP contribution in [-0.2, 0) is 13.0 Å². The van der Waals surface area contributed by atoms with Gasteiger partial charge in [-0.25, -0.2) is 4.79 Å². The number of fused-ring (bicyclic) bond motifs is 1. The number of hydrogen-bond acceptors (Lipinski definition) is 2. The lowest BCUT2D eigenvalue weighted by Crippen LogP contribution is -2.40. The summed E-state index contributed by atoms with van der Waals surface area (Å²) in [5.41, 5.74) is 3.78. The van der Waals surface area contributed by atoms with Crippen LogP contribution in [0.15, 0.2) is 48.5 Å².